The van der Waals surface area contributed by atoms with Crippen molar-refractivity contribution in [2.24, 2.45) is 5.84 Å². The second-order valence-corrected chi connectivity index (χ2v) is 21.6. The van der Waals surface area contributed by atoms with Crippen molar-refractivity contribution in [3.05, 3.63) is 195 Å². The molecule has 524 valence electrons. The van der Waals surface area contributed by atoms with E-state index in [1.165, 1.54) is 5.56 Å². The van der Waals surface area contributed by atoms with E-state index in [-0.39, 0.29) is 161 Å². The topological polar surface area (TPSA) is 302 Å². The molecule has 2 heterocycles. The molecular weight excluding hydrogens is 1530 g/mol. The number of aromatic nitrogens is 6. The van der Waals surface area contributed by atoms with E-state index in [1.807, 2.05) is 126 Å². The van der Waals surface area contributed by atoms with E-state index in [2.05, 4.69) is 46.7 Å². The Morgan fingerprint density at radius 3 is 1.36 bits per heavy atom. The number of aromatic amines is 1. The molecule has 0 unspecified atom stereocenters. The number of carbonyl (C=O) groups excluding carboxylic acids is 4. The second-order valence-electron chi connectivity index (χ2n) is 18.1. The van der Waals surface area contributed by atoms with Gasteiger partial charge in [-0.15, -0.1) is 61.7 Å². The van der Waals surface area contributed by atoms with Gasteiger partial charge in [-0.25, -0.2) is 10.6 Å². The molecule has 0 atom stereocenters. The summed E-state index contributed by atoms with van der Waals surface area (Å²) in [5, 5.41) is 36.3. The smallest absolute Gasteiger partial charge is 1.00 e. The van der Waals surface area contributed by atoms with Crippen LogP contribution in [0.3, 0.4) is 0 Å². The first-order valence-electron chi connectivity index (χ1n) is 26.3. The number of aliphatic carboxylic acids is 1. The van der Waals surface area contributed by atoms with Crippen molar-refractivity contribution in [3.8, 4) is 11.4 Å². The first-order chi connectivity index (χ1) is 44.9. The fourth-order valence-electron chi connectivity index (χ4n) is 6.21. The van der Waals surface area contributed by atoms with Crippen molar-refractivity contribution in [2.45, 2.75) is 65.2 Å². The predicted molar refractivity (Wildman–Crippen MR) is 361 cm³/mol. The molecule has 0 saturated heterocycles. The Bertz CT molecular complexity index is 3730. The van der Waals surface area contributed by atoms with Crippen LogP contribution in [0.5, 0.6) is 0 Å². The van der Waals surface area contributed by atoms with Gasteiger partial charge in [0.05, 0.1) is 17.0 Å². The Morgan fingerprint density at radius 1 is 0.643 bits per heavy atom. The Morgan fingerprint density at radius 2 is 1.02 bits per heavy atom. The van der Waals surface area contributed by atoms with Gasteiger partial charge in [0, 0.05) is 34.1 Å². The van der Waals surface area contributed by atoms with E-state index < -0.39 is 41.4 Å². The molecule has 6 aromatic carbocycles. The van der Waals surface area contributed by atoms with Gasteiger partial charge in [0.2, 0.25) is 28.7 Å². The summed E-state index contributed by atoms with van der Waals surface area (Å²) in [6.07, 6.45) is -14.3. The summed E-state index contributed by atoms with van der Waals surface area (Å²) in [6.45, 7) is 11.3. The van der Waals surface area contributed by atoms with Crippen LogP contribution in [-0.2, 0) is 41.2 Å². The number of halogens is 14. The van der Waals surface area contributed by atoms with Gasteiger partial charge in [-0.05, 0) is 149 Å². The van der Waals surface area contributed by atoms with Gasteiger partial charge in [-0.3, -0.25) is 33.4 Å². The van der Waals surface area contributed by atoms with E-state index in [1.54, 1.807) is 60.7 Å². The standard InChI is InChI=1S/C19H17F3N4OS.C10H8F3N3S.C9H10ClNO.C8H11N3S.C7H9N.C2H2Cl2O.C2HF3O2.CH2Cl2.CH2O3.2K.H/c1-12-7-9-14(10-8-12)26-17(19(20,21)22)24-25-18(26)28-11-16(27)23-15-6-4-3-5-13(15)2;1-6-2-4-7(5-3-6)16-8(10(11,12)13)14-15-9(16)17;1-7-4-2-3-5-8(7)11-9(12)6-10;1-6-2-4-7(5-3-6)10-8(12)11-9;1-6-4-2-3-5-7(6)8;3-1-2(4)5;3-2(4,5)1(6)7;2-1-3;2-1-4-3;;;/h3-10H,11H2,1-2H3,(H,23,27);2-5H,1H3,(H,15,17);2-5H,6H2,1H3,(H,11,12);2-5H,9H2,1H3,(H2,10,11,12);2-5H,8H2,1H3;1H2;(H,6,7);1H2;1,3H;;;/q;;;;;;;;;2*+1;-1/p-1. The number of nitrogens with one attached hydrogen (secondary N) is 5. The minimum Gasteiger partial charge on any atom is -1.00 e. The third-order valence-electron chi connectivity index (χ3n) is 10.7. The molecule has 39 heteroatoms. The third kappa shape index (κ3) is 41.2. The van der Waals surface area contributed by atoms with Crippen LogP contribution >= 0.6 is 94.2 Å². The van der Waals surface area contributed by atoms with Gasteiger partial charge < -0.3 is 43.8 Å². The van der Waals surface area contributed by atoms with Gasteiger partial charge in [0.25, 0.3) is 6.47 Å². The van der Waals surface area contributed by atoms with E-state index in [4.69, 9.17) is 114 Å². The minimum atomic E-state index is -5.08. The molecule has 98 heavy (non-hydrogen) atoms. The van der Waals surface area contributed by atoms with Crippen LogP contribution in [0.15, 0.2) is 151 Å². The number of aryl methyl sites for hydroxylation is 6. The van der Waals surface area contributed by atoms with Crippen LogP contribution in [0.2, 0.25) is 0 Å². The third-order valence-corrected chi connectivity index (χ3v) is 12.9. The molecule has 0 radical (unpaired) electrons. The number of rotatable bonds is 11. The second kappa shape index (κ2) is 52.2. The van der Waals surface area contributed by atoms with Crippen molar-refractivity contribution in [2.75, 3.05) is 44.5 Å². The van der Waals surface area contributed by atoms with Gasteiger partial charge in [0.1, 0.15) is 5.88 Å². The first kappa shape index (κ1) is 97.4. The molecule has 2 amide bonds. The number of hydrogen-bond acceptors (Lipinski definition) is 15. The molecule has 0 aliphatic carbocycles. The number of thiocarbonyl (C=S) groups is 1. The van der Waals surface area contributed by atoms with Crippen LogP contribution in [0.4, 0.5) is 62.3 Å². The van der Waals surface area contributed by atoms with Crippen molar-refractivity contribution in [1.82, 2.24) is 35.0 Å². The van der Waals surface area contributed by atoms with E-state index in [9.17, 15) is 53.9 Å². The van der Waals surface area contributed by atoms with Crippen LogP contribution in [-0.4, -0.2) is 98.3 Å². The zero-order valence-electron chi connectivity index (χ0n) is 54.0. The number of thioether (sulfide) groups is 1. The molecule has 2 aromatic heterocycles. The Balaban J connectivity index is -0.000000554. The average Bonchev–Trinajstić information content (AvgIpc) is 1.68. The fourth-order valence-corrected chi connectivity index (χ4v) is 7.39. The van der Waals surface area contributed by atoms with E-state index in [0.29, 0.717) is 16.5 Å². The molecule has 8 aromatic rings. The van der Waals surface area contributed by atoms with Crippen molar-refractivity contribution in [3.63, 3.8) is 0 Å². The Hall–Kier alpha value is -4.78. The van der Waals surface area contributed by atoms with Gasteiger partial charge in [0.15, 0.2) is 15.0 Å². The first-order valence-corrected chi connectivity index (χ1v) is 30.6. The maximum Gasteiger partial charge on any atom is 1.00 e. The number of nitrogens with zero attached hydrogens (tertiary/aromatic N) is 5. The number of carbonyl (C=O) groups is 5. The number of hydrogen-bond donors (Lipinski definition) is 8. The van der Waals surface area contributed by atoms with Crippen LogP contribution < -0.4 is 141 Å². The molecule has 20 nitrogen and oxygen atoms in total. The number of anilines is 4. The summed E-state index contributed by atoms with van der Waals surface area (Å²) in [4.78, 5) is 52.7. The van der Waals surface area contributed by atoms with Crippen molar-refractivity contribution >= 4 is 152 Å². The molecule has 0 aliphatic rings. The van der Waals surface area contributed by atoms with Crippen LogP contribution in [0.25, 0.3) is 11.4 Å². The summed E-state index contributed by atoms with van der Waals surface area (Å²) in [5.74, 6) is -0.556. The molecule has 0 fully saturated rings. The molecule has 0 spiro atoms. The summed E-state index contributed by atoms with van der Waals surface area (Å²) in [7, 11) is 0. The van der Waals surface area contributed by atoms with Crippen molar-refractivity contribution < 1.29 is 183 Å². The Labute approximate surface area is 683 Å². The fraction of sp³-hybridized carbons (Fsp3) is 0.220. The number of para-hydroxylation sites is 3. The molecule has 8 rings (SSSR count). The number of alkyl halides is 13. The van der Waals surface area contributed by atoms with Gasteiger partial charge >= 0.3 is 127 Å². The number of carboxylic acid groups (broad SMARTS) is 1. The minimum absolute atomic E-state index is 0. The Kier molecular flexibility index (Phi) is 51.9. The van der Waals surface area contributed by atoms with Crippen LogP contribution in [0.1, 0.15) is 46.5 Å². The molecule has 0 saturated carbocycles. The van der Waals surface area contributed by atoms with Crippen LogP contribution in [0, 0.1) is 46.3 Å². The quantitative estimate of drug-likeness (QED) is 0.00515. The number of amides is 2. The number of benzene rings is 6. The number of H-pyrrole nitrogens is 1. The summed E-state index contributed by atoms with van der Waals surface area (Å²) in [6, 6.07) is 43.6. The maximum absolute atomic E-state index is 13.3. The zero-order chi connectivity index (χ0) is 73.4. The number of nitrogens with two attached hydrogens (primary N) is 2. The summed E-state index contributed by atoms with van der Waals surface area (Å²) < 4.78 is 112. The number of hydrazine groups is 1. The normalized spacial score (nSPS) is 9.94. The molecule has 0 bridgehead atoms. The summed E-state index contributed by atoms with van der Waals surface area (Å²) >= 11 is 34.9. The predicted octanol–water partition coefficient (Wildman–Crippen LogP) is 8.40. The van der Waals surface area contributed by atoms with Gasteiger partial charge in [-0.1, -0.05) is 119 Å². The molecule has 0 aliphatic heterocycles. The number of nitrogen functional groups attached to an aromatic ring is 1. The number of carboxylic acids is 1. The molecule has 10 N–H and O–H groups in total. The van der Waals surface area contributed by atoms with Crippen molar-refractivity contribution in [1.29, 1.82) is 0 Å². The monoisotopic (exact) mass is 1590 g/mol. The molecular formula is C59H62Cl5F9K2N12O8S3. The SMILES string of the molecule is Cc1ccc(-n2c(C(F)(F)F)n[nH]c2=S)cc1.Cc1ccc(-n2c(SCC(=O)Nc3ccccc3C)nnc2C(F)(F)F)cc1.Cc1ccc(NC(=S)NN)cc1.Cc1ccccc1N.Cc1ccccc1NC(=O)CCl.ClCCl.O=C(Cl)CCl.O=C(O)C(F)(F)F.O=CO[O-].[H-].[K+].[K+]. The largest absolute Gasteiger partial charge is 1.00 e. The van der Waals surface area contributed by atoms with E-state index >= 15 is 0 Å². The maximum atomic E-state index is 13.3. The van der Waals surface area contributed by atoms with Gasteiger partial charge in [-0.2, -0.15) is 39.5 Å². The average molecular weight is 1590 g/mol. The summed E-state index contributed by atoms with van der Waals surface area (Å²) in [5.41, 5.74) is 17.9. The zero-order valence-corrected chi connectivity index (χ0v) is 65.4. The van der Waals surface area contributed by atoms with E-state index in [0.717, 1.165) is 65.8 Å².